The summed E-state index contributed by atoms with van der Waals surface area (Å²) < 4.78 is 4.37. The minimum absolute atomic E-state index is 0.387. The lowest BCUT2D eigenvalue weighted by Crippen LogP contribution is -2.37. The summed E-state index contributed by atoms with van der Waals surface area (Å²) in [5, 5.41) is 9.48. The topological polar surface area (TPSA) is 101 Å². The Morgan fingerprint density at radius 2 is 2.54 bits per heavy atom. The molecule has 1 rings (SSSR count). The van der Waals surface area contributed by atoms with Gasteiger partial charge >= 0.3 is 5.97 Å². The first-order chi connectivity index (χ1) is 6.16. The zero-order chi connectivity index (χ0) is 9.84. The minimum Gasteiger partial charge on any atom is -0.468 e. The summed E-state index contributed by atoms with van der Waals surface area (Å²) in [6.45, 7) is 0. The standard InChI is InChI=1S/C7H11N3O3/c1-13-7(12)5(8)6(11)4-2-9-3-10-4/h2-3,5-6,11H,8H2,1H3,(H,9,10)/t5-,6+/m1/s1. The first-order valence-corrected chi connectivity index (χ1v) is 3.66. The van der Waals surface area contributed by atoms with Gasteiger partial charge in [-0.25, -0.2) is 4.98 Å². The van der Waals surface area contributed by atoms with Crippen molar-refractivity contribution in [1.29, 1.82) is 0 Å². The SMILES string of the molecule is COC(=O)[C@H](N)[C@@H](O)c1cnc[nH]1. The van der Waals surface area contributed by atoms with Crippen molar-refractivity contribution in [2.75, 3.05) is 7.11 Å². The van der Waals surface area contributed by atoms with Gasteiger partial charge in [-0.05, 0) is 0 Å². The monoisotopic (exact) mass is 185 g/mol. The number of aliphatic hydroxyl groups excluding tert-OH is 1. The van der Waals surface area contributed by atoms with Gasteiger partial charge in [0.15, 0.2) is 0 Å². The van der Waals surface area contributed by atoms with Crippen molar-refractivity contribution in [3.05, 3.63) is 18.2 Å². The van der Waals surface area contributed by atoms with Crippen LogP contribution in [0.3, 0.4) is 0 Å². The van der Waals surface area contributed by atoms with Crippen molar-refractivity contribution in [1.82, 2.24) is 9.97 Å². The molecule has 0 saturated heterocycles. The lowest BCUT2D eigenvalue weighted by atomic mass is 10.1. The molecule has 1 aromatic rings. The summed E-state index contributed by atoms with van der Waals surface area (Å²) in [5.74, 6) is -0.665. The first-order valence-electron chi connectivity index (χ1n) is 3.66. The molecule has 0 aliphatic carbocycles. The molecule has 0 radical (unpaired) electrons. The van der Waals surface area contributed by atoms with E-state index in [4.69, 9.17) is 5.73 Å². The van der Waals surface area contributed by atoms with E-state index in [1.165, 1.54) is 19.6 Å². The van der Waals surface area contributed by atoms with E-state index in [9.17, 15) is 9.90 Å². The van der Waals surface area contributed by atoms with Gasteiger partial charge in [0.2, 0.25) is 0 Å². The molecule has 0 bridgehead atoms. The quantitative estimate of drug-likeness (QED) is 0.521. The third-order valence-corrected chi connectivity index (χ3v) is 1.65. The number of imidazole rings is 1. The van der Waals surface area contributed by atoms with Gasteiger partial charge in [0.05, 0.1) is 25.3 Å². The van der Waals surface area contributed by atoms with Crippen LogP contribution in [-0.2, 0) is 9.53 Å². The van der Waals surface area contributed by atoms with Crippen molar-refractivity contribution >= 4 is 5.97 Å². The van der Waals surface area contributed by atoms with E-state index in [2.05, 4.69) is 14.7 Å². The fourth-order valence-electron chi connectivity index (χ4n) is 0.887. The molecule has 0 aromatic carbocycles. The molecule has 0 spiro atoms. The molecule has 1 heterocycles. The number of H-pyrrole nitrogens is 1. The molecule has 6 heteroatoms. The number of aromatic nitrogens is 2. The molecule has 6 nitrogen and oxygen atoms in total. The number of nitrogens with two attached hydrogens (primary N) is 1. The Balaban J connectivity index is 2.68. The van der Waals surface area contributed by atoms with Crippen LogP contribution in [0.25, 0.3) is 0 Å². The molecule has 0 aliphatic rings. The second-order valence-electron chi connectivity index (χ2n) is 2.50. The maximum atomic E-state index is 10.9. The van der Waals surface area contributed by atoms with Crippen LogP contribution in [0.4, 0.5) is 0 Å². The number of rotatable bonds is 3. The number of methoxy groups -OCH3 is 1. The molecular weight excluding hydrogens is 174 g/mol. The Hall–Kier alpha value is -1.40. The van der Waals surface area contributed by atoms with Gasteiger partial charge in [0.1, 0.15) is 12.1 Å². The van der Waals surface area contributed by atoms with Crippen LogP contribution in [0.15, 0.2) is 12.5 Å². The third-order valence-electron chi connectivity index (χ3n) is 1.65. The summed E-state index contributed by atoms with van der Waals surface area (Å²) in [7, 11) is 1.21. The number of carbonyl (C=O) groups is 1. The zero-order valence-electron chi connectivity index (χ0n) is 7.10. The Bertz CT molecular complexity index is 273. The van der Waals surface area contributed by atoms with Crippen LogP contribution in [-0.4, -0.2) is 34.2 Å². The highest BCUT2D eigenvalue weighted by molar-refractivity contribution is 5.76. The third kappa shape index (κ3) is 2.04. The second kappa shape index (κ2) is 4.01. The van der Waals surface area contributed by atoms with Gasteiger partial charge in [-0.2, -0.15) is 0 Å². The molecule has 0 saturated carbocycles. The zero-order valence-corrected chi connectivity index (χ0v) is 7.10. The van der Waals surface area contributed by atoms with Crippen LogP contribution in [0.2, 0.25) is 0 Å². The van der Waals surface area contributed by atoms with E-state index in [-0.39, 0.29) is 0 Å². The molecule has 13 heavy (non-hydrogen) atoms. The molecule has 1 aromatic heterocycles. The summed E-state index contributed by atoms with van der Waals surface area (Å²) in [6.07, 6.45) is 1.67. The number of esters is 1. The molecule has 72 valence electrons. The van der Waals surface area contributed by atoms with Gasteiger partial charge in [-0.1, -0.05) is 0 Å². The Kier molecular flexibility index (Phi) is 2.99. The lowest BCUT2D eigenvalue weighted by Gasteiger charge is -2.14. The molecule has 0 amide bonds. The van der Waals surface area contributed by atoms with Crippen LogP contribution >= 0.6 is 0 Å². The smallest absolute Gasteiger partial charge is 0.325 e. The van der Waals surface area contributed by atoms with Gasteiger partial charge in [-0.15, -0.1) is 0 Å². The Morgan fingerprint density at radius 3 is 3.00 bits per heavy atom. The largest absolute Gasteiger partial charge is 0.468 e. The number of hydrogen-bond donors (Lipinski definition) is 3. The van der Waals surface area contributed by atoms with Crippen LogP contribution in [0.5, 0.6) is 0 Å². The van der Waals surface area contributed by atoms with Crippen LogP contribution < -0.4 is 5.73 Å². The minimum atomic E-state index is -1.12. The van der Waals surface area contributed by atoms with E-state index in [1.807, 2.05) is 0 Å². The molecule has 0 unspecified atom stereocenters. The van der Waals surface area contributed by atoms with Gasteiger partial charge in [0, 0.05) is 0 Å². The van der Waals surface area contributed by atoms with Crippen LogP contribution in [0, 0.1) is 0 Å². The van der Waals surface area contributed by atoms with Crippen LogP contribution in [0.1, 0.15) is 11.8 Å². The predicted octanol–water partition coefficient (Wildman–Crippen LogP) is -1.06. The first kappa shape index (κ1) is 9.69. The highest BCUT2D eigenvalue weighted by Crippen LogP contribution is 2.12. The van der Waals surface area contributed by atoms with Gasteiger partial charge < -0.3 is 20.6 Å². The number of aromatic amines is 1. The van der Waals surface area contributed by atoms with Gasteiger partial charge in [0.25, 0.3) is 0 Å². The summed E-state index contributed by atoms with van der Waals surface area (Å²) in [4.78, 5) is 17.2. The summed E-state index contributed by atoms with van der Waals surface area (Å²) in [5.41, 5.74) is 5.78. The highest BCUT2D eigenvalue weighted by atomic mass is 16.5. The Morgan fingerprint density at radius 1 is 1.85 bits per heavy atom. The fraction of sp³-hybridized carbons (Fsp3) is 0.429. The van der Waals surface area contributed by atoms with E-state index in [1.54, 1.807) is 0 Å². The maximum Gasteiger partial charge on any atom is 0.325 e. The highest BCUT2D eigenvalue weighted by Gasteiger charge is 2.25. The number of aliphatic hydroxyl groups is 1. The van der Waals surface area contributed by atoms with E-state index >= 15 is 0 Å². The summed E-state index contributed by atoms with van der Waals surface area (Å²) in [6, 6.07) is -1.09. The predicted molar refractivity (Wildman–Crippen MR) is 43.5 cm³/mol. The van der Waals surface area contributed by atoms with Crippen molar-refractivity contribution in [3.63, 3.8) is 0 Å². The maximum absolute atomic E-state index is 10.9. The number of nitrogens with one attached hydrogen (secondary N) is 1. The Labute approximate surface area is 74.7 Å². The fourth-order valence-corrected chi connectivity index (χ4v) is 0.887. The van der Waals surface area contributed by atoms with Crippen molar-refractivity contribution < 1.29 is 14.6 Å². The average molecular weight is 185 g/mol. The van der Waals surface area contributed by atoms with E-state index < -0.39 is 18.1 Å². The molecule has 4 N–H and O–H groups in total. The van der Waals surface area contributed by atoms with Crippen molar-refractivity contribution in [2.24, 2.45) is 5.73 Å². The van der Waals surface area contributed by atoms with Crippen molar-refractivity contribution in [2.45, 2.75) is 12.1 Å². The molecule has 0 fully saturated rings. The molecule has 0 aliphatic heterocycles. The number of carbonyl (C=O) groups excluding carboxylic acids is 1. The lowest BCUT2D eigenvalue weighted by molar-refractivity contribution is -0.145. The summed E-state index contributed by atoms with van der Waals surface area (Å²) >= 11 is 0. The van der Waals surface area contributed by atoms with Gasteiger partial charge in [-0.3, -0.25) is 4.79 Å². The average Bonchev–Trinajstić information content (AvgIpc) is 2.67. The van der Waals surface area contributed by atoms with E-state index in [0.717, 1.165) is 0 Å². The normalized spacial score (nSPS) is 15.0. The molecular formula is C7H11N3O3. The second-order valence-corrected chi connectivity index (χ2v) is 2.50. The number of nitrogens with zero attached hydrogens (tertiary/aromatic N) is 1. The van der Waals surface area contributed by atoms with E-state index in [0.29, 0.717) is 5.69 Å². The van der Waals surface area contributed by atoms with Crippen molar-refractivity contribution in [3.8, 4) is 0 Å². The molecule has 2 atom stereocenters. The number of ether oxygens (including phenoxy) is 1. The number of hydrogen-bond acceptors (Lipinski definition) is 5.